The van der Waals surface area contributed by atoms with Crippen LogP contribution in [0.15, 0.2) is 48.5 Å². The highest BCUT2D eigenvalue weighted by Gasteiger charge is 2.31. The topological polar surface area (TPSA) is 64.2 Å². The number of halogens is 3. The molecule has 190 valence electrons. The minimum Gasteiger partial charge on any atom is -0.368 e. The van der Waals surface area contributed by atoms with Gasteiger partial charge in [-0.25, -0.2) is 8.42 Å². The van der Waals surface area contributed by atoms with Crippen molar-refractivity contribution in [2.75, 3.05) is 63.5 Å². The summed E-state index contributed by atoms with van der Waals surface area (Å²) in [4.78, 5) is 18.7. The van der Waals surface area contributed by atoms with Crippen LogP contribution in [0.4, 0.5) is 18.9 Å². The van der Waals surface area contributed by atoms with Crippen LogP contribution in [0.3, 0.4) is 0 Å². The Morgan fingerprint density at radius 3 is 2.09 bits per heavy atom. The van der Waals surface area contributed by atoms with Gasteiger partial charge < -0.3 is 9.80 Å². The molecule has 11 heteroatoms. The maximum Gasteiger partial charge on any atom is 0.416 e. The normalized spacial score (nSPS) is 18.6. The smallest absolute Gasteiger partial charge is 0.368 e. The van der Waals surface area contributed by atoms with E-state index < -0.39 is 21.8 Å². The number of rotatable bonds is 5. The summed E-state index contributed by atoms with van der Waals surface area (Å²) in [5, 5.41) is 0. The fraction of sp³-hybridized carbons (Fsp3) is 0.458. The second-order valence-electron chi connectivity index (χ2n) is 8.96. The molecule has 2 heterocycles. The number of anilines is 1. The molecular weight excluding hydrogens is 481 g/mol. The van der Waals surface area contributed by atoms with E-state index in [0.717, 1.165) is 17.7 Å². The molecule has 0 radical (unpaired) electrons. The van der Waals surface area contributed by atoms with E-state index in [0.29, 0.717) is 70.2 Å². The highest BCUT2D eigenvalue weighted by atomic mass is 32.2. The van der Waals surface area contributed by atoms with Gasteiger partial charge in [-0.1, -0.05) is 18.2 Å². The minimum atomic E-state index is -4.38. The molecular formula is C24H29F3N4O3S. The molecule has 7 nitrogen and oxygen atoms in total. The van der Waals surface area contributed by atoms with E-state index in [9.17, 15) is 26.4 Å². The van der Waals surface area contributed by atoms with Crippen molar-refractivity contribution in [3.8, 4) is 0 Å². The van der Waals surface area contributed by atoms with E-state index in [-0.39, 0.29) is 5.91 Å². The number of amides is 1. The van der Waals surface area contributed by atoms with Gasteiger partial charge in [-0.15, -0.1) is 0 Å². The Balaban J connectivity index is 1.29. The molecule has 0 spiro atoms. The van der Waals surface area contributed by atoms with Crippen LogP contribution < -0.4 is 4.90 Å². The Morgan fingerprint density at radius 2 is 1.51 bits per heavy atom. The summed E-state index contributed by atoms with van der Waals surface area (Å²) in [5.41, 5.74) is 1.45. The van der Waals surface area contributed by atoms with Gasteiger partial charge in [0.25, 0.3) is 5.91 Å². The third-order valence-electron chi connectivity index (χ3n) is 6.51. The van der Waals surface area contributed by atoms with E-state index in [2.05, 4.69) is 4.90 Å². The molecule has 0 bridgehead atoms. The van der Waals surface area contributed by atoms with Gasteiger partial charge in [0, 0.05) is 70.2 Å². The van der Waals surface area contributed by atoms with Crippen molar-refractivity contribution in [1.82, 2.24) is 14.1 Å². The fourth-order valence-corrected chi connectivity index (χ4v) is 5.29. The first-order valence-electron chi connectivity index (χ1n) is 11.5. The maximum absolute atomic E-state index is 13.0. The Bertz CT molecular complexity index is 1140. The van der Waals surface area contributed by atoms with Crippen LogP contribution in [0, 0.1) is 0 Å². The largest absolute Gasteiger partial charge is 0.416 e. The van der Waals surface area contributed by atoms with Crippen LogP contribution in [-0.2, 0) is 22.7 Å². The van der Waals surface area contributed by atoms with Gasteiger partial charge in [-0.05, 0) is 35.9 Å². The Labute approximate surface area is 203 Å². The standard InChI is InChI=1S/C24H29F3N4O3S/c1-35(33,34)31-15-9-28(10-16-31)18-19-5-7-20(8-6-19)23(32)30-13-11-29(12-14-30)22-4-2-3-21(17-22)24(25,26)27/h2-8,17H,9-16,18H2,1H3. The predicted molar refractivity (Wildman–Crippen MR) is 128 cm³/mol. The first-order valence-corrected chi connectivity index (χ1v) is 13.3. The van der Waals surface area contributed by atoms with Gasteiger partial charge in [-0.2, -0.15) is 17.5 Å². The molecule has 4 rings (SSSR count). The number of hydrogen-bond acceptors (Lipinski definition) is 5. The summed E-state index contributed by atoms with van der Waals surface area (Å²) in [6.45, 7) is 4.73. The highest BCUT2D eigenvalue weighted by molar-refractivity contribution is 7.88. The van der Waals surface area contributed by atoms with Crippen LogP contribution in [0.25, 0.3) is 0 Å². The summed E-state index contributed by atoms with van der Waals surface area (Å²) >= 11 is 0. The summed E-state index contributed by atoms with van der Waals surface area (Å²) in [6, 6.07) is 12.7. The number of benzene rings is 2. The van der Waals surface area contributed by atoms with Crippen molar-refractivity contribution in [3.05, 3.63) is 65.2 Å². The summed E-state index contributed by atoms with van der Waals surface area (Å²) < 4.78 is 63.8. The molecule has 0 N–H and O–H groups in total. The molecule has 0 saturated carbocycles. The first kappa shape index (κ1) is 25.5. The van der Waals surface area contributed by atoms with Crippen molar-refractivity contribution in [3.63, 3.8) is 0 Å². The first-order chi connectivity index (χ1) is 16.5. The molecule has 2 aliphatic rings. The lowest BCUT2D eigenvalue weighted by Gasteiger charge is -2.36. The monoisotopic (exact) mass is 510 g/mol. The zero-order chi connectivity index (χ0) is 25.2. The zero-order valence-electron chi connectivity index (χ0n) is 19.5. The van der Waals surface area contributed by atoms with Crippen LogP contribution >= 0.6 is 0 Å². The molecule has 2 aromatic rings. The SMILES string of the molecule is CS(=O)(=O)N1CCN(Cc2ccc(C(=O)N3CCN(c4cccc(C(F)(F)F)c4)CC3)cc2)CC1. The maximum atomic E-state index is 13.0. The number of carbonyl (C=O) groups excluding carboxylic acids is 1. The van der Waals surface area contributed by atoms with Crippen LogP contribution in [-0.4, -0.2) is 87.0 Å². The van der Waals surface area contributed by atoms with Gasteiger partial charge in [0.15, 0.2) is 0 Å². The number of nitrogens with zero attached hydrogens (tertiary/aromatic N) is 4. The lowest BCUT2D eigenvalue weighted by Crippen LogP contribution is -2.48. The number of hydrogen-bond donors (Lipinski definition) is 0. The molecule has 0 atom stereocenters. The average molecular weight is 511 g/mol. The van der Waals surface area contributed by atoms with Crippen molar-refractivity contribution < 1.29 is 26.4 Å². The molecule has 35 heavy (non-hydrogen) atoms. The van der Waals surface area contributed by atoms with Crippen LogP contribution in [0.1, 0.15) is 21.5 Å². The molecule has 1 amide bonds. The number of sulfonamides is 1. The molecule has 2 aliphatic heterocycles. The van der Waals surface area contributed by atoms with E-state index in [1.807, 2.05) is 17.0 Å². The van der Waals surface area contributed by atoms with Crippen molar-refractivity contribution in [1.29, 1.82) is 0 Å². The van der Waals surface area contributed by atoms with E-state index >= 15 is 0 Å². The Kier molecular flexibility index (Phi) is 7.39. The molecule has 0 aromatic heterocycles. The Morgan fingerprint density at radius 1 is 0.886 bits per heavy atom. The van der Waals surface area contributed by atoms with Gasteiger partial charge >= 0.3 is 6.18 Å². The lowest BCUT2D eigenvalue weighted by atomic mass is 10.1. The third kappa shape index (κ3) is 6.33. The summed E-state index contributed by atoms with van der Waals surface area (Å²) in [7, 11) is -3.16. The molecule has 2 aromatic carbocycles. The van der Waals surface area contributed by atoms with Crippen molar-refractivity contribution in [2.45, 2.75) is 12.7 Å². The fourth-order valence-electron chi connectivity index (χ4n) is 4.46. The summed E-state index contributed by atoms with van der Waals surface area (Å²) in [6.07, 6.45) is -3.16. The van der Waals surface area contributed by atoms with Crippen molar-refractivity contribution >= 4 is 21.6 Å². The molecule has 0 aliphatic carbocycles. The number of piperazine rings is 2. The zero-order valence-corrected chi connectivity index (χ0v) is 20.4. The average Bonchev–Trinajstić information content (AvgIpc) is 2.83. The molecule has 2 fully saturated rings. The quantitative estimate of drug-likeness (QED) is 0.619. The second kappa shape index (κ2) is 10.2. The van der Waals surface area contributed by atoms with Gasteiger partial charge in [-0.3, -0.25) is 9.69 Å². The molecule has 2 saturated heterocycles. The lowest BCUT2D eigenvalue weighted by molar-refractivity contribution is -0.137. The summed E-state index contributed by atoms with van der Waals surface area (Å²) in [5.74, 6) is -0.0954. The third-order valence-corrected chi connectivity index (χ3v) is 7.82. The van der Waals surface area contributed by atoms with Crippen LogP contribution in [0.5, 0.6) is 0 Å². The van der Waals surface area contributed by atoms with E-state index in [1.165, 1.54) is 16.6 Å². The number of carbonyl (C=O) groups is 1. The molecule has 0 unspecified atom stereocenters. The number of alkyl halides is 3. The van der Waals surface area contributed by atoms with Gasteiger partial charge in [0.1, 0.15) is 0 Å². The second-order valence-corrected chi connectivity index (χ2v) is 10.9. The van der Waals surface area contributed by atoms with E-state index in [4.69, 9.17) is 0 Å². The highest BCUT2D eigenvalue weighted by Crippen LogP contribution is 2.32. The van der Waals surface area contributed by atoms with Crippen LogP contribution in [0.2, 0.25) is 0 Å². The van der Waals surface area contributed by atoms with Crippen molar-refractivity contribution in [2.24, 2.45) is 0 Å². The predicted octanol–water partition coefficient (Wildman–Crippen LogP) is 2.75. The van der Waals surface area contributed by atoms with Gasteiger partial charge in [0.05, 0.1) is 11.8 Å². The van der Waals surface area contributed by atoms with Gasteiger partial charge in [0.2, 0.25) is 10.0 Å². The Hall–Kier alpha value is -2.63. The van der Waals surface area contributed by atoms with E-state index in [1.54, 1.807) is 23.1 Å². The minimum absolute atomic E-state index is 0.0954.